The lowest BCUT2D eigenvalue weighted by molar-refractivity contribution is -0.121. The number of amides is 1. The van der Waals surface area contributed by atoms with E-state index in [0.29, 0.717) is 12.2 Å². The molecule has 0 aliphatic heterocycles. The van der Waals surface area contributed by atoms with Gasteiger partial charge in [0.15, 0.2) is 0 Å². The largest absolute Gasteiger partial charge is 0.358 e. The van der Waals surface area contributed by atoms with Crippen LogP contribution in [0.15, 0.2) is 0 Å². The lowest BCUT2D eigenvalue weighted by Gasteiger charge is -2.06. The second kappa shape index (κ2) is 4.64. The van der Waals surface area contributed by atoms with Crippen molar-refractivity contribution in [3.63, 3.8) is 0 Å². The minimum absolute atomic E-state index is 0.121. The second-order valence-electron chi connectivity index (χ2n) is 1.73. The molecular formula is C5H12N2OS. The Morgan fingerprint density at radius 1 is 1.89 bits per heavy atom. The average Bonchev–Trinajstić information content (AvgIpc) is 1.87. The zero-order chi connectivity index (χ0) is 7.28. The summed E-state index contributed by atoms with van der Waals surface area (Å²) in [5.41, 5.74) is 5.38. The van der Waals surface area contributed by atoms with Crippen LogP contribution >= 0.6 is 12.6 Å². The van der Waals surface area contributed by atoms with Crippen LogP contribution in [0.5, 0.6) is 0 Å². The molecule has 0 aromatic rings. The van der Waals surface area contributed by atoms with E-state index in [-0.39, 0.29) is 5.91 Å². The summed E-state index contributed by atoms with van der Waals surface area (Å²) >= 11 is 3.93. The van der Waals surface area contributed by atoms with E-state index in [1.165, 1.54) is 0 Å². The molecule has 0 heterocycles. The van der Waals surface area contributed by atoms with Crippen molar-refractivity contribution in [2.24, 2.45) is 5.73 Å². The van der Waals surface area contributed by atoms with Gasteiger partial charge in [-0.25, -0.2) is 0 Å². The first-order chi connectivity index (χ1) is 4.22. The molecule has 0 bridgehead atoms. The van der Waals surface area contributed by atoms with Crippen LogP contribution in [0.25, 0.3) is 0 Å². The van der Waals surface area contributed by atoms with Crippen LogP contribution in [-0.2, 0) is 4.79 Å². The van der Waals surface area contributed by atoms with Crippen molar-refractivity contribution in [3.05, 3.63) is 0 Å². The van der Waals surface area contributed by atoms with Crippen molar-refractivity contribution in [1.29, 1.82) is 0 Å². The summed E-state index contributed by atoms with van der Waals surface area (Å²) in [5.74, 6) is 0.526. The molecular weight excluding hydrogens is 136 g/mol. The predicted octanol–water partition coefficient (Wildman–Crippen LogP) is -0.620. The quantitative estimate of drug-likeness (QED) is 0.467. The van der Waals surface area contributed by atoms with E-state index < -0.39 is 6.04 Å². The Morgan fingerprint density at radius 3 is 2.78 bits per heavy atom. The first-order valence-corrected chi connectivity index (χ1v) is 3.43. The molecule has 54 valence electrons. The molecule has 0 saturated carbocycles. The molecule has 4 heteroatoms. The molecule has 0 aromatic heterocycles. The highest BCUT2D eigenvalue weighted by atomic mass is 32.1. The van der Waals surface area contributed by atoms with Crippen molar-refractivity contribution in [3.8, 4) is 0 Å². The van der Waals surface area contributed by atoms with Crippen molar-refractivity contribution in [1.82, 2.24) is 5.32 Å². The first-order valence-electron chi connectivity index (χ1n) is 2.80. The highest BCUT2D eigenvalue weighted by molar-refractivity contribution is 7.80. The summed E-state index contributed by atoms with van der Waals surface area (Å²) in [6, 6.07) is -0.396. The molecule has 3 N–H and O–H groups in total. The smallest absolute Gasteiger partial charge is 0.236 e. The van der Waals surface area contributed by atoms with E-state index in [1.807, 2.05) is 0 Å². The van der Waals surface area contributed by atoms with Crippen molar-refractivity contribution >= 4 is 18.5 Å². The molecule has 9 heavy (non-hydrogen) atoms. The van der Waals surface area contributed by atoms with Gasteiger partial charge >= 0.3 is 0 Å². The number of thiol groups is 1. The number of rotatable bonds is 3. The molecule has 0 unspecified atom stereocenters. The van der Waals surface area contributed by atoms with Gasteiger partial charge in [-0.2, -0.15) is 12.6 Å². The lowest BCUT2D eigenvalue weighted by Crippen LogP contribution is -2.38. The summed E-state index contributed by atoms with van der Waals surface area (Å²) in [5, 5.41) is 2.45. The van der Waals surface area contributed by atoms with Crippen LogP contribution in [0.3, 0.4) is 0 Å². The Kier molecular flexibility index (Phi) is 4.53. The maximum Gasteiger partial charge on any atom is 0.236 e. The maximum atomic E-state index is 10.6. The van der Waals surface area contributed by atoms with Crippen LogP contribution in [0.1, 0.15) is 6.42 Å². The van der Waals surface area contributed by atoms with Crippen LogP contribution in [0, 0.1) is 0 Å². The molecule has 0 saturated heterocycles. The zero-order valence-corrected chi connectivity index (χ0v) is 6.32. The zero-order valence-electron chi connectivity index (χ0n) is 5.42. The fourth-order valence-electron chi connectivity index (χ4n) is 0.456. The van der Waals surface area contributed by atoms with Gasteiger partial charge in [0.2, 0.25) is 5.91 Å². The highest BCUT2D eigenvalue weighted by Gasteiger charge is 2.08. The van der Waals surface area contributed by atoms with E-state index in [0.717, 1.165) is 0 Å². The van der Waals surface area contributed by atoms with Gasteiger partial charge in [0.05, 0.1) is 6.04 Å². The second-order valence-corrected chi connectivity index (χ2v) is 2.18. The van der Waals surface area contributed by atoms with Gasteiger partial charge in [-0.05, 0) is 12.2 Å². The maximum absolute atomic E-state index is 10.6. The molecule has 0 aliphatic carbocycles. The van der Waals surface area contributed by atoms with Gasteiger partial charge in [0.25, 0.3) is 0 Å². The molecule has 3 nitrogen and oxygen atoms in total. The molecule has 0 aromatic carbocycles. The van der Waals surface area contributed by atoms with E-state index >= 15 is 0 Å². The van der Waals surface area contributed by atoms with E-state index in [1.54, 1.807) is 7.05 Å². The normalized spacial score (nSPS) is 12.8. The predicted molar refractivity (Wildman–Crippen MR) is 40.5 cm³/mol. The number of nitrogens with two attached hydrogens (primary N) is 1. The minimum Gasteiger partial charge on any atom is -0.358 e. The summed E-state index contributed by atoms with van der Waals surface area (Å²) in [7, 11) is 1.57. The minimum atomic E-state index is -0.396. The molecule has 0 aliphatic rings. The monoisotopic (exact) mass is 148 g/mol. The third-order valence-corrected chi connectivity index (χ3v) is 1.28. The molecule has 0 rings (SSSR count). The third kappa shape index (κ3) is 3.37. The molecule has 1 atom stereocenters. The van der Waals surface area contributed by atoms with E-state index in [2.05, 4.69) is 17.9 Å². The van der Waals surface area contributed by atoms with Crippen LogP contribution in [-0.4, -0.2) is 24.7 Å². The molecule has 0 fully saturated rings. The highest BCUT2D eigenvalue weighted by Crippen LogP contribution is 1.89. The Morgan fingerprint density at radius 2 is 2.44 bits per heavy atom. The summed E-state index contributed by atoms with van der Waals surface area (Å²) in [4.78, 5) is 10.6. The SMILES string of the molecule is CNC(=O)[C@@H](N)CCS. The van der Waals surface area contributed by atoms with Crippen LogP contribution in [0.2, 0.25) is 0 Å². The molecule has 0 spiro atoms. The first kappa shape index (κ1) is 8.78. The van der Waals surface area contributed by atoms with Crippen molar-refractivity contribution in [2.75, 3.05) is 12.8 Å². The Hall–Kier alpha value is -0.220. The van der Waals surface area contributed by atoms with Gasteiger partial charge in [0.1, 0.15) is 0 Å². The number of carbonyl (C=O) groups excluding carboxylic acids is 1. The third-order valence-electron chi connectivity index (χ3n) is 1.02. The fraction of sp³-hybridized carbons (Fsp3) is 0.800. The number of carbonyl (C=O) groups is 1. The van der Waals surface area contributed by atoms with Crippen LogP contribution in [0.4, 0.5) is 0 Å². The van der Waals surface area contributed by atoms with Crippen molar-refractivity contribution in [2.45, 2.75) is 12.5 Å². The number of likely N-dealkylation sites (N-methyl/N-ethyl adjacent to an activating group) is 1. The average molecular weight is 148 g/mol. The van der Waals surface area contributed by atoms with E-state index in [4.69, 9.17) is 5.73 Å². The van der Waals surface area contributed by atoms with Crippen LogP contribution < -0.4 is 11.1 Å². The van der Waals surface area contributed by atoms with Gasteiger partial charge in [0, 0.05) is 7.05 Å². The fourth-order valence-corrected chi connectivity index (χ4v) is 0.734. The Bertz CT molecular complexity index is 97.0. The standard InChI is InChI=1S/C5H12N2OS/c1-7-5(8)4(6)2-3-9/h4,9H,2-3,6H2,1H3,(H,7,8)/t4-/m0/s1. The van der Waals surface area contributed by atoms with Gasteiger partial charge in [-0.15, -0.1) is 0 Å². The van der Waals surface area contributed by atoms with E-state index in [9.17, 15) is 4.79 Å². The number of hydrogen-bond donors (Lipinski definition) is 3. The lowest BCUT2D eigenvalue weighted by atomic mass is 10.2. The van der Waals surface area contributed by atoms with Gasteiger partial charge < -0.3 is 11.1 Å². The summed E-state index contributed by atoms with van der Waals surface area (Å²) in [6.07, 6.45) is 0.628. The van der Waals surface area contributed by atoms with Gasteiger partial charge in [-0.1, -0.05) is 0 Å². The Balaban J connectivity index is 3.45. The Labute approximate surface area is 60.4 Å². The topological polar surface area (TPSA) is 55.1 Å². The number of nitrogens with one attached hydrogen (secondary N) is 1. The number of hydrogen-bond acceptors (Lipinski definition) is 3. The summed E-state index contributed by atoms with van der Waals surface area (Å²) in [6.45, 7) is 0. The molecule has 0 radical (unpaired) electrons. The molecule has 1 amide bonds. The van der Waals surface area contributed by atoms with Crippen molar-refractivity contribution < 1.29 is 4.79 Å². The van der Waals surface area contributed by atoms with Gasteiger partial charge in [-0.3, -0.25) is 4.79 Å². The summed E-state index contributed by atoms with van der Waals surface area (Å²) < 4.78 is 0.